The van der Waals surface area contributed by atoms with Crippen molar-refractivity contribution in [3.63, 3.8) is 0 Å². The maximum absolute atomic E-state index is 11.1. The lowest BCUT2D eigenvalue weighted by molar-refractivity contribution is -0.142. The molecule has 4 nitrogen and oxygen atoms in total. The molecular weight excluding hydrogens is 280 g/mol. The van der Waals surface area contributed by atoms with Gasteiger partial charge in [-0.25, -0.2) is 0 Å². The van der Waals surface area contributed by atoms with Crippen molar-refractivity contribution in [2.75, 3.05) is 0 Å². The van der Waals surface area contributed by atoms with Crippen molar-refractivity contribution in [1.82, 2.24) is 0 Å². The standard InChI is InChI=1S/C18H24O4/c1-13(19)22-12-17-15(9-10-18(20)21)7-4-8-16(17)11-14-5-2-3-6-14/h4,7-8,14H,2-3,5-6,9-12H2,1H3,(H,20,21). The maximum atomic E-state index is 11.1. The lowest BCUT2D eigenvalue weighted by atomic mass is 9.91. The van der Waals surface area contributed by atoms with Gasteiger partial charge in [-0.3, -0.25) is 9.59 Å². The fourth-order valence-electron chi connectivity index (χ4n) is 3.24. The number of benzene rings is 1. The SMILES string of the molecule is CC(=O)OCc1c(CCC(=O)O)cccc1CC1CCCC1. The first-order valence-corrected chi connectivity index (χ1v) is 8.01. The number of hydrogen-bond donors (Lipinski definition) is 1. The molecule has 4 heteroatoms. The van der Waals surface area contributed by atoms with Gasteiger partial charge in [0.2, 0.25) is 0 Å². The molecule has 1 aromatic carbocycles. The van der Waals surface area contributed by atoms with E-state index in [1.165, 1.54) is 38.2 Å². The van der Waals surface area contributed by atoms with Crippen LogP contribution in [0.2, 0.25) is 0 Å². The van der Waals surface area contributed by atoms with E-state index >= 15 is 0 Å². The van der Waals surface area contributed by atoms with Gasteiger partial charge in [-0.15, -0.1) is 0 Å². The Morgan fingerprint density at radius 1 is 1.23 bits per heavy atom. The van der Waals surface area contributed by atoms with Crippen LogP contribution in [0, 0.1) is 5.92 Å². The Kier molecular flexibility index (Phi) is 5.99. The molecule has 0 amide bonds. The van der Waals surface area contributed by atoms with Crippen molar-refractivity contribution in [3.05, 3.63) is 34.9 Å². The summed E-state index contributed by atoms with van der Waals surface area (Å²) in [4.78, 5) is 22.0. The van der Waals surface area contributed by atoms with Gasteiger partial charge >= 0.3 is 11.9 Å². The molecule has 0 bridgehead atoms. The molecule has 1 aliphatic carbocycles. The minimum Gasteiger partial charge on any atom is -0.481 e. The lowest BCUT2D eigenvalue weighted by Crippen LogP contribution is -2.09. The number of aliphatic carboxylic acids is 1. The quantitative estimate of drug-likeness (QED) is 0.783. The van der Waals surface area contributed by atoms with Crippen LogP contribution in [0.25, 0.3) is 0 Å². The highest BCUT2D eigenvalue weighted by Gasteiger charge is 2.18. The van der Waals surface area contributed by atoms with E-state index < -0.39 is 5.97 Å². The average Bonchev–Trinajstić information content (AvgIpc) is 2.96. The highest BCUT2D eigenvalue weighted by atomic mass is 16.5. The second-order valence-corrected chi connectivity index (χ2v) is 6.08. The summed E-state index contributed by atoms with van der Waals surface area (Å²) in [6.07, 6.45) is 6.67. The van der Waals surface area contributed by atoms with Gasteiger partial charge < -0.3 is 9.84 Å². The summed E-state index contributed by atoms with van der Waals surface area (Å²) in [5.74, 6) is -0.412. The predicted molar refractivity (Wildman–Crippen MR) is 83.5 cm³/mol. The molecule has 0 heterocycles. The number of carbonyl (C=O) groups is 2. The van der Waals surface area contributed by atoms with Crippen LogP contribution in [0.5, 0.6) is 0 Å². The summed E-state index contributed by atoms with van der Waals surface area (Å²) in [6.45, 7) is 1.64. The largest absolute Gasteiger partial charge is 0.481 e. The normalized spacial score (nSPS) is 15.0. The van der Waals surface area contributed by atoms with Crippen LogP contribution in [0.4, 0.5) is 0 Å². The summed E-state index contributed by atoms with van der Waals surface area (Å²) in [6, 6.07) is 6.01. The Bertz CT molecular complexity index is 530. The Balaban J connectivity index is 2.18. The molecule has 1 N–H and O–H groups in total. The minimum absolute atomic E-state index is 0.0972. The topological polar surface area (TPSA) is 63.6 Å². The molecule has 2 rings (SSSR count). The summed E-state index contributed by atoms with van der Waals surface area (Å²) in [5.41, 5.74) is 3.20. The number of carboxylic acids is 1. The van der Waals surface area contributed by atoms with Crippen molar-refractivity contribution in [3.8, 4) is 0 Å². The Hall–Kier alpha value is -1.84. The maximum Gasteiger partial charge on any atom is 0.303 e. The number of carbonyl (C=O) groups excluding carboxylic acids is 1. The fourth-order valence-corrected chi connectivity index (χ4v) is 3.24. The Morgan fingerprint density at radius 3 is 2.55 bits per heavy atom. The van der Waals surface area contributed by atoms with Crippen LogP contribution in [-0.4, -0.2) is 17.0 Å². The molecule has 0 unspecified atom stereocenters. The van der Waals surface area contributed by atoms with Crippen LogP contribution in [-0.2, 0) is 33.8 Å². The van der Waals surface area contributed by atoms with Gasteiger partial charge in [0.25, 0.3) is 0 Å². The third-order valence-corrected chi connectivity index (χ3v) is 4.38. The van der Waals surface area contributed by atoms with Crippen LogP contribution in [0.1, 0.15) is 55.7 Å². The van der Waals surface area contributed by atoms with E-state index in [0.717, 1.165) is 17.5 Å². The van der Waals surface area contributed by atoms with Crippen LogP contribution < -0.4 is 0 Å². The van der Waals surface area contributed by atoms with E-state index in [-0.39, 0.29) is 19.0 Å². The van der Waals surface area contributed by atoms with Gasteiger partial charge in [-0.1, -0.05) is 43.9 Å². The van der Waals surface area contributed by atoms with E-state index in [0.29, 0.717) is 12.3 Å². The molecule has 1 aliphatic rings. The smallest absolute Gasteiger partial charge is 0.303 e. The zero-order chi connectivity index (χ0) is 15.9. The van der Waals surface area contributed by atoms with Gasteiger partial charge in [0.1, 0.15) is 6.61 Å². The number of carboxylic acid groups (broad SMARTS) is 1. The van der Waals surface area contributed by atoms with Gasteiger partial charge in [0.15, 0.2) is 0 Å². The highest BCUT2D eigenvalue weighted by Crippen LogP contribution is 2.30. The van der Waals surface area contributed by atoms with Crippen molar-refractivity contribution in [2.24, 2.45) is 5.92 Å². The number of hydrogen-bond acceptors (Lipinski definition) is 3. The molecule has 1 fully saturated rings. The van der Waals surface area contributed by atoms with E-state index in [4.69, 9.17) is 9.84 Å². The van der Waals surface area contributed by atoms with E-state index in [9.17, 15) is 9.59 Å². The summed E-state index contributed by atoms with van der Waals surface area (Å²) in [5, 5.41) is 8.90. The second kappa shape index (κ2) is 7.97. The number of aryl methyl sites for hydroxylation is 1. The van der Waals surface area contributed by atoms with Gasteiger partial charge in [-0.2, -0.15) is 0 Å². The average molecular weight is 304 g/mol. The van der Waals surface area contributed by atoms with Crippen molar-refractivity contribution < 1.29 is 19.4 Å². The van der Waals surface area contributed by atoms with Crippen molar-refractivity contribution in [1.29, 1.82) is 0 Å². The highest BCUT2D eigenvalue weighted by molar-refractivity contribution is 5.67. The molecule has 0 atom stereocenters. The summed E-state index contributed by atoms with van der Waals surface area (Å²) >= 11 is 0. The molecule has 22 heavy (non-hydrogen) atoms. The minimum atomic E-state index is -0.806. The monoisotopic (exact) mass is 304 g/mol. The van der Waals surface area contributed by atoms with Crippen LogP contribution in [0.15, 0.2) is 18.2 Å². The molecule has 1 saturated carbocycles. The summed E-state index contributed by atoms with van der Waals surface area (Å²) in [7, 11) is 0. The molecule has 0 aromatic heterocycles. The first-order valence-electron chi connectivity index (χ1n) is 8.01. The van der Waals surface area contributed by atoms with Gasteiger partial charge in [0, 0.05) is 13.3 Å². The van der Waals surface area contributed by atoms with E-state index in [1.807, 2.05) is 12.1 Å². The fraction of sp³-hybridized carbons (Fsp3) is 0.556. The second-order valence-electron chi connectivity index (χ2n) is 6.08. The van der Waals surface area contributed by atoms with Crippen LogP contribution >= 0.6 is 0 Å². The predicted octanol–water partition coefficient (Wildman–Crippen LogP) is 3.50. The molecule has 0 radical (unpaired) electrons. The van der Waals surface area contributed by atoms with Gasteiger partial charge in [0.05, 0.1) is 0 Å². The zero-order valence-electron chi connectivity index (χ0n) is 13.1. The van der Waals surface area contributed by atoms with E-state index in [1.54, 1.807) is 0 Å². The van der Waals surface area contributed by atoms with Crippen molar-refractivity contribution >= 4 is 11.9 Å². The van der Waals surface area contributed by atoms with Crippen LogP contribution in [0.3, 0.4) is 0 Å². The Morgan fingerprint density at radius 2 is 1.91 bits per heavy atom. The molecule has 0 aliphatic heterocycles. The van der Waals surface area contributed by atoms with Gasteiger partial charge in [-0.05, 0) is 35.4 Å². The molecule has 1 aromatic rings. The summed E-state index contributed by atoms with van der Waals surface area (Å²) < 4.78 is 5.19. The number of ether oxygens (including phenoxy) is 1. The first-order chi connectivity index (χ1) is 10.6. The molecule has 0 spiro atoms. The number of esters is 1. The van der Waals surface area contributed by atoms with E-state index in [2.05, 4.69) is 6.07 Å². The third kappa shape index (κ3) is 4.86. The first kappa shape index (κ1) is 16.5. The number of rotatable bonds is 7. The molecule has 0 saturated heterocycles. The Labute approximate surface area is 131 Å². The third-order valence-electron chi connectivity index (χ3n) is 4.38. The lowest BCUT2D eigenvalue weighted by Gasteiger charge is -2.17. The van der Waals surface area contributed by atoms with Crippen molar-refractivity contribution in [2.45, 2.75) is 58.5 Å². The molecule has 120 valence electrons. The zero-order valence-corrected chi connectivity index (χ0v) is 13.1. The molecular formula is C18H24O4.